The number of carbonyl (C=O) groups is 2. The Morgan fingerprint density at radius 3 is 1.40 bits per heavy atom. The highest BCUT2D eigenvalue weighted by Crippen LogP contribution is 2.27. The second-order valence-electron chi connectivity index (χ2n) is 6.72. The third-order valence-corrected chi connectivity index (χ3v) is 5.49. The molecular weight excluding hydrogens is 526 g/mol. The molecule has 0 bridgehead atoms. The van der Waals surface area contributed by atoms with Crippen molar-refractivity contribution < 1.29 is 27.8 Å². The van der Waals surface area contributed by atoms with E-state index in [0.29, 0.717) is 46.1 Å². The number of ether oxygens (including phenoxy) is 2. The lowest BCUT2D eigenvalue weighted by atomic mass is 10.1. The molecule has 2 aromatic rings. The Morgan fingerprint density at radius 1 is 0.667 bits per heavy atom. The molecule has 0 aliphatic heterocycles. The Bertz CT molecular complexity index is 803. The fourth-order valence-corrected chi connectivity index (χ4v) is 3.57. The van der Waals surface area contributed by atoms with Crippen LogP contribution in [-0.2, 0) is 9.59 Å². The quantitative estimate of drug-likeness (QED) is 0.171. The average Bonchev–Trinajstić information content (AvgIpc) is 2.68. The minimum atomic E-state index is -0.404. The van der Waals surface area contributed by atoms with Crippen LogP contribution in [0.1, 0.15) is 51.4 Å². The number of hydrogen-bond acceptors (Lipinski definition) is 4. The first-order chi connectivity index (χ1) is 14.3. The maximum absolute atomic E-state index is 13.0. The van der Waals surface area contributed by atoms with Gasteiger partial charge in [-0.25, -0.2) is 8.78 Å². The van der Waals surface area contributed by atoms with E-state index in [1.54, 1.807) is 0 Å². The molecule has 0 aliphatic rings. The summed E-state index contributed by atoms with van der Waals surface area (Å²) in [7, 11) is 0. The van der Waals surface area contributed by atoms with Gasteiger partial charge >= 0.3 is 11.9 Å². The van der Waals surface area contributed by atoms with Gasteiger partial charge < -0.3 is 9.47 Å². The first-order valence-electron chi connectivity index (χ1n) is 9.66. The zero-order valence-electron chi connectivity index (χ0n) is 16.3. The molecule has 0 aliphatic carbocycles. The summed E-state index contributed by atoms with van der Waals surface area (Å²) in [5.74, 6) is -0.896. The van der Waals surface area contributed by atoms with Crippen LogP contribution in [0.25, 0.3) is 0 Å². The van der Waals surface area contributed by atoms with Gasteiger partial charge in [-0.05, 0) is 81.1 Å². The van der Waals surface area contributed by atoms with Gasteiger partial charge in [-0.15, -0.1) is 0 Å². The highest BCUT2D eigenvalue weighted by Gasteiger charge is 2.10. The van der Waals surface area contributed by atoms with Gasteiger partial charge in [-0.2, -0.15) is 0 Å². The number of unbranched alkanes of at least 4 members (excludes halogenated alkanes) is 5. The number of rotatable bonds is 11. The fourth-order valence-electron chi connectivity index (χ4n) is 2.71. The molecule has 0 unspecified atom stereocenters. The van der Waals surface area contributed by atoms with E-state index in [1.165, 1.54) is 36.4 Å². The molecular formula is C22H22Br2F2O4. The molecule has 0 aromatic heterocycles. The third-order valence-electron chi connectivity index (χ3n) is 4.25. The predicted octanol–water partition coefficient (Wildman–Crippen LogP) is 7.12. The second-order valence-corrected chi connectivity index (χ2v) is 8.43. The zero-order valence-corrected chi connectivity index (χ0v) is 19.4. The van der Waals surface area contributed by atoms with Crippen molar-refractivity contribution in [2.45, 2.75) is 51.4 Å². The molecule has 0 spiro atoms. The van der Waals surface area contributed by atoms with Gasteiger partial charge in [-0.3, -0.25) is 9.59 Å². The summed E-state index contributed by atoms with van der Waals surface area (Å²) in [4.78, 5) is 23.7. The predicted molar refractivity (Wildman–Crippen MR) is 116 cm³/mol. The standard InChI is InChI=1S/C22H22Br2F2O4/c23-17-13-15(25)9-11-19(17)29-21(27)7-5-3-1-2-4-6-8-22(28)30-20-12-10-16(26)14-18(20)24/h9-14H,1-8H2. The molecule has 2 aromatic carbocycles. The number of carbonyl (C=O) groups excluding carboxylic acids is 2. The van der Waals surface area contributed by atoms with E-state index in [4.69, 9.17) is 9.47 Å². The number of hydrogen-bond donors (Lipinski definition) is 0. The molecule has 0 fully saturated rings. The molecule has 0 heterocycles. The minimum Gasteiger partial charge on any atom is -0.425 e. The van der Waals surface area contributed by atoms with Crippen molar-refractivity contribution in [3.8, 4) is 11.5 Å². The lowest BCUT2D eigenvalue weighted by Gasteiger charge is -2.07. The van der Waals surface area contributed by atoms with E-state index in [2.05, 4.69) is 31.9 Å². The Morgan fingerprint density at radius 2 is 1.03 bits per heavy atom. The van der Waals surface area contributed by atoms with E-state index in [1.807, 2.05) is 0 Å². The van der Waals surface area contributed by atoms with Gasteiger partial charge in [0.2, 0.25) is 0 Å². The smallest absolute Gasteiger partial charge is 0.311 e. The van der Waals surface area contributed by atoms with Crippen LogP contribution in [0.3, 0.4) is 0 Å². The van der Waals surface area contributed by atoms with Crippen molar-refractivity contribution in [2.75, 3.05) is 0 Å². The number of benzene rings is 2. The van der Waals surface area contributed by atoms with E-state index >= 15 is 0 Å². The van der Waals surface area contributed by atoms with E-state index < -0.39 is 11.6 Å². The molecule has 2 rings (SSSR count). The van der Waals surface area contributed by atoms with Crippen LogP contribution in [0, 0.1) is 11.6 Å². The van der Waals surface area contributed by atoms with Crippen molar-refractivity contribution in [1.82, 2.24) is 0 Å². The largest absolute Gasteiger partial charge is 0.425 e. The Hall–Kier alpha value is -1.80. The summed E-state index contributed by atoms with van der Waals surface area (Å²) in [6.07, 6.45) is 5.67. The van der Waals surface area contributed by atoms with Gasteiger partial charge in [0.05, 0.1) is 8.95 Å². The lowest BCUT2D eigenvalue weighted by Crippen LogP contribution is -2.08. The SMILES string of the molecule is O=C(CCCCCCCCC(=O)Oc1ccc(F)cc1Br)Oc1ccc(F)cc1Br. The highest BCUT2D eigenvalue weighted by molar-refractivity contribution is 9.10. The zero-order chi connectivity index (χ0) is 21.9. The van der Waals surface area contributed by atoms with Crippen LogP contribution < -0.4 is 9.47 Å². The molecule has 0 radical (unpaired) electrons. The lowest BCUT2D eigenvalue weighted by molar-refractivity contribution is -0.135. The maximum atomic E-state index is 13.0. The van der Waals surface area contributed by atoms with Crippen LogP contribution in [-0.4, -0.2) is 11.9 Å². The summed E-state index contributed by atoms with van der Waals surface area (Å²) >= 11 is 6.32. The highest BCUT2D eigenvalue weighted by atomic mass is 79.9. The van der Waals surface area contributed by atoms with E-state index in [0.717, 1.165) is 25.7 Å². The van der Waals surface area contributed by atoms with E-state index in [-0.39, 0.29) is 11.9 Å². The molecule has 0 N–H and O–H groups in total. The maximum Gasteiger partial charge on any atom is 0.311 e. The van der Waals surface area contributed by atoms with Gasteiger partial charge in [0, 0.05) is 12.8 Å². The van der Waals surface area contributed by atoms with Gasteiger partial charge in [0.1, 0.15) is 23.1 Å². The fraction of sp³-hybridized carbons (Fsp3) is 0.364. The monoisotopic (exact) mass is 546 g/mol. The summed E-state index contributed by atoms with van der Waals surface area (Å²) < 4.78 is 37.3. The molecule has 0 saturated carbocycles. The van der Waals surface area contributed by atoms with Crippen molar-refractivity contribution in [3.63, 3.8) is 0 Å². The van der Waals surface area contributed by atoms with Crippen LogP contribution in [0.5, 0.6) is 11.5 Å². The molecule has 0 saturated heterocycles. The van der Waals surface area contributed by atoms with Crippen LogP contribution >= 0.6 is 31.9 Å². The number of esters is 2. The first kappa shape index (κ1) is 24.5. The summed E-state index contributed by atoms with van der Waals surface area (Å²) in [5, 5.41) is 0. The minimum absolute atomic E-state index is 0.294. The summed E-state index contributed by atoms with van der Waals surface area (Å²) in [6.45, 7) is 0. The Labute approximate surface area is 191 Å². The van der Waals surface area contributed by atoms with Crippen LogP contribution in [0.15, 0.2) is 45.3 Å². The van der Waals surface area contributed by atoms with E-state index in [9.17, 15) is 18.4 Å². The first-order valence-corrected chi connectivity index (χ1v) is 11.2. The Balaban J connectivity index is 1.51. The van der Waals surface area contributed by atoms with Crippen LogP contribution in [0.2, 0.25) is 0 Å². The average molecular weight is 548 g/mol. The molecule has 0 atom stereocenters. The van der Waals surface area contributed by atoms with Gasteiger partial charge in [0.25, 0.3) is 0 Å². The molecule has 8 heteroatoms. The summed E-state index contributed by atoms with van der Waals surface area (Å²) in [6, 6.07) is 7.80. The molecule has 30 heavy (non-hydrogen) atoms. The summed E-state index contributed by atoms with van der Waals surface area (Å²) in [5.41, 5.74) is 0. The topological polar surface area (TPSA) is 52.6 Å². The van der Waals surface area contributed by atoms with Gasteiger partial charge in [-0.1, -0.05) is 25.7 Å². The van der Waals surface area contributed by atoms with Crippen molar-refractivity contribution >= 4 is 43.8 Å². The van der Waals surface area contributed by atoms with Crippen molar-refractivity contribution in [3.05, 3.63) is 57.0 Å². The van der Waals surface area contributed by atoms with Crippen molar-refractivity contribution in [1.29, 1.82) is 0 Å². The molecule has 4 nitrogen and oxygen atoms in total. The van der Waals surface area contributed by atoms with Crippen LogP contribution in [0.4, 0.5) is 8.78 Å². The second kappa shape index (κ2) is 12.8. The molecule has 0 amide bonds. The van der Waals surface area contributed by atoms with Crippen molar-refractivity contribution in [2.24, 2.45) is 0 Å². The molecule has 162 valence electrons. The third kappa shape index (κ3) is 8.92. The van der Waals surface area contributed by atoms with Gasteiger partial charge in [0.15, 0.2) is 0 Å². The normalized spacial score (nSPS) is 10.7. The Kier molecular flexibility index (Phi) is 10.4. The number of halogens is 4.